The number of carbonyl (C=O) groups excluding carboxylic acids is 1. The third kappa shape index (κ3) is 4.58. The van der Waals surface area contributed by atoms with Crippen LogP contribution in [0.2, 0.25) is 0 Å². The smallest absolute Gasteiger partial charge is 0.233 e. The molecule has 2 aromatic carbocycles. The second-order valence-corrected chi connectivity index (χ2v) is 8.31. The molecule has 0 unspecified atom stereocenters. The van der Waals surface area contributed by atoms with Crippen molar-refractivity contribution in [3.05, 3.63) is 54.1 Å². The molecule has 8 heteroatoms. The number of methoxy groups -OCH3 is 2. The first-order valence-corrected chi connectivity index (χ1v) is 11.3. The molecular formula is C24H24N4O3S. The number of amides is 1. The molecule has 4 rings (SSSR count). The molecule has 1 saturated heterocycles. The van der Waals surface area contributed by atoms with Crippen molar-refractivity contribution in [3.63, 3.8) is 0 Å². The second kappa shape index (κ2) is 9.79. The number of ether oxygens (including phenoxy) is 2. The van der Waals surface area contributed by atoms with Crippen molar-refractivity contribution in [3.8, 4) is 17.6 Å². The third-order valence-corrected chi connectivity index (χ3v) is 6.47. The number of para-hydroxylation sites is 1. The number of pyridine rings is 1. The number of hydrogen-bond donors (Lipinski definition) is 0. The fourth-order valence-electron chi connectivity index (χ4n) is 3.75. The van der Waals surface area contributed by atoms with E-state index < -0.39 is 0 Å². The highest BCUT2D eigenvalue weighted by Crippen LogP contribution is 2.33. The molecule has 1 aliphatic heterocycles. The van der Waals surface area contributed by atoms with E-state index in [2.05, 4.69) is 28.1 Å². The first-order chi connectivity index (χ1) is 15.6. The topological polar surface area (TPSA) is 78.7 Å². The van der Waals surface area contributed by atoms with E-state index in [0.29, 0.717) is 40.7 Å². The van der Waals surface area contributed by atoms with Crippen molar-refractivity contribution >= 4 is 34.3 Å². The van der Waals surface area contributed by atoms with Gasteiger partial charge < -0.3 is 19.3 Å². The number of nitrogens with zero attached hydrogens (tertiary/aromatic N) is 4. The van der Waals surface area contributed by atoms with E-state index in [0.717, 1.165) is 18.5 Å². The normalized spacial score (nSPS) is 13.7. The highest BCUT2D eigenvalue weighted by Gasteiger charge is 2.22. The summed E-state index contributed by atoms with van der Waals surface area (Å²) >= 11 is 1.30. The number of benzene rings is 2. The Kier molecular flexibility index (Phi) is 6.66. The minimum Gasteiger partial charge on any atom is -0.493 e. The molecule has 164 valence electrons. The van der Waals surface area contributed by atoms with E-state index in [1.807, 2.05) is 23.1 Å². The standard InChI is InChI=1S/C24H24N4O3S/c1-30-21-13-17-12-18(15-25)24(26-20(17)14-22(21)31-2)32-16-23(29)28-10-8-27(9-11-28)19-6-4-3-5-7-19/h3-7,12-14H,8-11,16H2,1-2H3. The van der Waals surface area contributed by atoms with E-state index >= 15 is 0 Å². The predicted octanol–water partition coefficient (Wildman–Crippen LogP) is 3.56. The Morgan fingerprint density at radius 2 is 1.75 bits per heavy atom. The van der Waals surface area contributed by atoms with E-state index in [1.54, 1.807) is 32.4 Å². The van der Waals surface area contributed by atoms with Gasteiger partial charge in [0.15, 0.2) is 11.5 Å². The summed E-state index contributed by atoms with van der Waals surface area (Å²) in [5.41, 5.74) is 2.31. The van der Waals surface area contributed by atoms with Gasteiger partial charge in [-0.25, -0.2) is 4.98 Å². The summed E-state index contributed by atoms with van der Waals surface area (Å²) in [5.74, 6) is 1.45. The first-order valence-electron chi connectivity index (χ1n) is 10.3. The zero-order chi connectivity index (χ0) is 22.5. The maximum atomic E-state index is 12.8. The molecule has 7 nitrogen and oxygen atoms in total. The van der Waals surface area contributed by atoms with Gasteiger partial charge in [0.25, 0.3) is 0 Å². The Labute approximate surface area is 191 Å². The molecule has 0 N–H and O–H groups in total. The summed E-state index contributed by atoms with van der Waals surface area (Å²) in [6, 6.07) is 17.8. The number of hydrogen-bond acceptors (Lipinski definition) is 7. The zero-order valence-electron chi connectivity index (χ0n) is 18.1. The zero-order valence-corrected chi connectivity index (χ0v) is 18.9. The molecule has 2 heterocycles. The van der Waals surface area contributed by atoms with Crippen molar-refractivity contribution in [1.29, 1.82) is 5.26 Å². The van der Waals surface area contributed by atoms with Gasteiger partial charge >= 0.3 is 0 Å². The Hall–Kier alpha value is -3.44. The van der Waals surface area contributed by atoms with E-state index in [4.69, 9.17) is 9.47 Å². The Bertz CT molecular complexity index is 1160. The molecule has 0 saturated carbocycles. The van der Waals surface area contributed by atoms with Gasteiger partial charge in [-0.05, 0) is 24.3 Å². The van der Waals surface area contributed by atoms with Crippen LogP contribution in [0.1, 0.15) is 5.56 Å². The molecule has 1 amide bonds. The molecule has 0 bridgehead atoms. The Morgan fingerprint density at radius 3 is 2.41 bits per heavy atom. The van der Waals surface area contributed by atoms with Crippen molar-refractivity contribution < 1.29 is 14.3 Å². The number of anilines is 1. The highest BCUT2D eigenvalue weighted by atomic mass is 32.2. The lowest BCUT2D eigenvalue weighted by molar-refractivity contribution is -0.128. The molecule has 0 spiro atoms. The number of thioether (sulfide) groups is 1. The van der Waals surface area contributed by atoms with Gasteiger partial charge in [-0.2, -0.15) is 5.26 Å². The van der Waals surface area contributed by atoms with Gasteiger partial charge in [0.2, 0.25) is 5.91 Å². The summed E-state index contributed by atoms with van der Waals surface area (Å²) < 4.78 is 10.7. The Balaban J connectivity index is 1.43. The number of aromatic nitrogens is 1. The van der Waals surface area contributed by atoms with Crippen molar-refractivity contribution in [1.82, 2.24) is 9.88 Å². The summed E-state index contributed by atoms with van der Waals surface area (Å²) in [4.78, 5) is 21.6. The van der Waals surface area contributed by atoms with E-state index in [1.165, 1.54) is 17.4 Å². The van der Waals surface area contributed by atoms with Crippen LogP contribution < -0.4 is 14.4 Å². The first kappa shape index (κ1) is 21.8. The highest BCUT2D eigenvalue weighted by molar-refractivity contribution is 8.00. The molecule has 0 atom stereocenters. The van der Waals surface area contributed by atoms with E-state index in [-0.39, 0.29) is 11.7 Å². The average molecular weight is 449 g/mol. The molecular weight excluding hydrogens is 424 g/mol. The molecule has 0 radical (unpaired) electrons. The monoisotopic (exact) mass is 448 g/mol. The number of nitriles is 1. The van der Waals surface area contributed by atoms with Crippen LogP contribution in [-0.4, -0.2) is 61.9 Å². The second-order valence-electron chi connectivity index (χ2n) is 7.34. The maximum absolute atomic E-state index is 12.8. The maximum Gasteiger partial charge on any atom is 0.233 e. The number of piperazine rings is 1. The average Bonchev–Trinajstić information content (AvgIpc) is 2.86. The molecule has 0 aliphatic carbocycles. The van der Waals surface area contributed by atoms with Gasteiger partial charge in [-0.1, -0.05) is 30.0 Å². The minimum atomic E-state index is 0.0563. The summed E-state index contributed by atoms with van der Waals surface area (Å²) in [6.45, 7) is 2.97. The van der Waals surface area contributed by atoms with Gasteiger partial charge in [-0.3, -0.25) is 4.79 Å². The van der Waals surface area contributed by atoms with Gasteiger partial charge in [0, 0.05) is 43.3 Å². The van der Waals surface area contributed by atoms with Crippen molar-refractivity contribution in [2.75, 3.05) is 51.1 Å². The predicted molar refractivity (Wildman–Crippen MR) is 126 cm³/mol. The molecule has 3 aromatic rings. The van der Waals surface area contributed by atoms with Gasteiger partial charge in [0.1, 0.15) is 11.1 Å². The fraction of sp³-hybridized carbons (Fsp3) is 0.292. The van der Waals surface area contributed by atoms with Crippen molar-refractivity contribution in [2.45, 2.75) is 5.03 Å². The lowest BCUT2D eigenvalue weighted by atomic mass is 10.1. The van der Waals surface area contributed by atoms with Crippen LogP contribution >= 0.6 is 11.8 Å². The summed E-state index contributed by atoms with van der Waals surface area (Å²) in [6.07, 6.45) is 0. The molecule has 1 aromatic heterocycles. The quantitative estimate of drug-likeness (QED) is 0.534. The number of fused-ring (bicyclic) bond motifs is 1. The number of rotatable bonds is 6. The Morgan fingerprint density at radius 1 is 1.06 bits per heavy atom. The van der Waals surface area contributed by atoms with E-state index in [9.17, 15) is 10.1 Å². The lowest BCUT2D eigenvalue weighted by Gasteiger charge is -2.36. The molecule has 1 aliphatic rings. The fourth-order valence-corrected chi connectivity index (χ4v) is 4.61. The lowest BCUT2D eigenvalue weighted by Crippen LogP contribution is -2.49. The van der Waals surface area contributed by atoms with Crippen LogP contribution in [0, 0.1) is 11.3 Å². The molecule has 32 heavy (non-hydrogen) atoms. The SMILES string of the molecule is COc1cc2cc(C#N)c(SCC(=O)N3CCN(c4ccccc4)CC3)nc2cc1OC. The largest absolute Gasteiger partial charge is 0.493 e. The summed E-state index contributed by atoms with van der Waals surface area (Å²) in [7, 11) is 3.14. The number of carbonyl (C=O) groups is 1. The summed E-state index contributed by atoms with van der Waals surface area (Å²) in [5, 5.41) is 10.9. The van der Waals surface area contributed by atoms with Gasteiger partial charge in [-0.15, -0.1) is 0 Å². The van der Waals surface area contributed by atoms with Crippen LogP contribution in [0.15, 0.2) is 53.6 Å². The van der Waals surface area contributed by atoms with Crippen LogP contribution in [0.5, 0.6) is 11.5 Å². The van der Waals surface area contributed by atoms with Crippen LogP contribution in [0.3, 0.4) is 0 Å². The van der Waals surface area contributed by atoms with Crippen LogP contribution in [0.25, 0.3) is 10.9 Å². The van der Waals surface area contributed by atoms with Crippen LogP contribution in [0.4, 0.5) is 5.69 Å². The minimum absolute atomic E-state index is 0.0563. The third-order valence-electron chi connectivity index (χ3n) is 5.49. The van der Waals surface area contributed by atoms with Crippen LogP contribution in [-0.2, 0) is 4.79 Å². The van der Waals surface area contributed by atoms with Crippen molar-refractivity contribution in [2.24, 2.45) is 0 Å². The molecule has 1 fully saturated rings. The van der Waals surface area contributed by atoms with Gasteiger partial charge in [0.05, 0.1) is 31.1 Å².